The van der Waals surface area contributed by atoms with Crippen molar-refractivity contribution >= 4 is 11.6 Å². The number of amides is 1. The van der Waals surface area contributed by atoms with Crippen LogP contribution in [0.25, 0.3) is 0 Å². The Labute approximate surface area is 118 Å². The van der Waals surface area contributed by atoms with Crippen molar-refractivity contribution in [3.63, 3.8) is 0 Å². The molecule has 0 radical (unpaired) electrons. The first-order valence-electron chi connectivity index (χ1n) is 6.48. The fraction of sp³-hybridized carbons (Fsp3) is 0.357. The smallest absolute Gasteiger partial charge is 0.274 e. The molecule has 106 valence electrons. The molecule has 20 heavy (non-hydrogen) atoms. The number of aromatic nitrogens is 3. The summed E-state index contributed by atoms with van der Waals surface area (Å²) in [5.74, 6) is -0.124. The molecule has 2 heterocycles. The lowest BCUT2D eigenvalue weighted by atomic mass is 10.2. The Morgan fingerprint density at radius 1 is 1.45 bits per heavy atom. The molecule has 6 nitrogen and oxygen atoms in total. The number of hydrogen-bond acceptors (Lipinski definition) is 4. The summed E-state index contributed by atoms with van der Waals surface area (Å²) in [6.07, 6.45) is 4.97. The number of rotatable bonds is 4. The van der Waals surface area contributed by atoms with Crippen LogP contribution in [0.1, 0.15) is 29.9 Å². The Balaban J connectivity index is 2.28. The molecule has 1 amide bonds. The summed E-state index contributed by atoms with van der Waals surface area (Å²) >= 11 is 0. The molecule has 2 aromatic heterocycles. The first-order valence-corrected chi connectivity index (χ1v) is 6.48. The molecular formula is C14H19N5O. The predicted molar refractivity (Wildman–Crippen MR) is 76.9 cm³/mol. The van der Waals surface area contributed by atoms with Gasteiger partial charge >= 0.3 is 0 Å². The fourth-order valence-electron chi connectivity index (χ4n) is 2.03. The third kappa shape index (κ3) is 2.79. The molecule has 0 unspecified atom stereocenters. The Hall–Kier alpha value is -2.37. The number of pyridine rings is 1. The van der Waals surface area contributed by atoms with Crippen molar-refractivity contribution in [2.45, 2.75) is 26.4 Å². The van der Waals surface area contributed by atoms with Gasteiger partial charge < -0.3 is 10.6 Å². The van der Waals surface area contributed by atoms with E-state index in [-0.39, 0.29) is 11.9 Å². The summed E-state index contributed by atoms with van der Waals surface area (Å²) < 4.78 is 1.51. The van der Waals surface area contributed by atoms with Crippen molar-refractivity contribution in [1.29, 1.82) is 0 Å². The highest BCUT2D eigenvalue weighted by molar-refractivity contribution is 5.97. The fourth-order valence-corrected chi connectivity index (χ4v) is 2.03. The number of nitrogens with two attached hydrogens (primary N) is 1. The summed E-state index contributed by atoms with van der Waals surface area (Å²) in [5, 5.41) is 4.02. The molecule has 0 aromatic carbocycles. The number of nitrogen functional groups attached to an aromatic ring is 1. The summed E-state index contributed by atoms with van der Waals surface area (Å²) in [7, 11) is 1.71. The van der Waals surface area contributed by atoms with Crippen LogP contribution >= 0.6 is 0 Å². The van der Waals surface area contributed by atoms with Crippen LogP contribution in [-0.2, 0) is 13.6 Å². The van der Waals surface area contributed by atoms with Crippen molar-refractivity contribution in [2.24, 2.45) is 7.05 Å². The second-order valence-electron chi connectivity index (χ2n) is 4.96. The molecule has 2 rings (SSSR count). The molecule has 0 atom stereocenters. The van der Waals surface area contributed by atoms with E-state index in [0.29, 0.717) is 17.9 Å². The van der Waals surface area contributed by atoms with Gasteiger partial charge in [-0.15, -0.1) is 0 Å². The number of aryl methyl sites for hydroxylation is 1. The molecule has 0 spiro atoms. The van der Waals surface area contributed by atoms with E-state index in [4.69, 9.17) is 5.73 Å². The Morgan fingerprint density at radius 3 is 2.70 bits per heavy atom. The first kappa shape index (κ1) is 14.0. The van der Waals surface area contributed by atoms with E-state index >= 15 is 0 Å². The highest BCUT2D eigenvalue weighted by atomic mass is 16.2. The maximum atomic E-state index is 12.7. The number of carbonyl (C=O) groups excluding carboxylic acids is 1. The maximum Gasteiger partial charge on any atom is 0.274 e. The van der Waals surface area contributed by atoms with Crippen molar-refractivity contribution < 1.29 is 4.79 Å². The number of anilines is 1. The second-order valence-corrected chi connectivity index (χ2v) is 4.96. The minimum Gasteiger partial charge on any atom is -0.396 e. The highest BCUT2D eigenvalue weighted by Crippen LogP contribution is 2.16. The Bertz CT molecular complexity index is 571. The van der Waals surface area contributed by atoms with E-state index in [1.807, 2.05) is 26.0 Å². The molecule has 0 fully saturated rings. The number of hydrogen-bond donors (Lipinski definition) is 1. The maximum absolute atomic E-state index is 12.7. The van der Waals surface area contributed by atoms with Crippen molar-refractivity contribution in [2.75, 3.05) is 5.73 Å². The van der Waals surface area contributed by atoms with Gasteiger partial charge in [0.25, 0.3) is 5.91 Å². The van der Waals surface area contributed by atoms with E-state index in [2.05, 4.69) is 10.1 Å². The molecule has 2 N–H and O–H groups in total. The molecule has 2 aromatic rings. The average Bonchev–Trinajstić information content (AvgIpc) is 2.76. The topological polar surface area (TPSA) is 77.0 Å². The standard InChI is InChI=1S/C14H19N5O/c1-10(2)19(9-11-5-4-6-16-7-11)14(20)13-12(15)8-17-18(13)3/h4-8,10H,9,15H2,1-3H3. The zero-order valence-corrected chi connectivity index (χ0v) is 11.9. The quantitative estimate of drug-likeness (QED) is 0.914. The van der Waals surface area contributed by atoms with Crippen LogP contribution < -0.4 is 5.73 Å². The molecule has 0 aliphatic rings. The number of nitrogens with zero attached hydrogens (tertiary/aromatic N) is 4. The average molecular weight is 273 g/mol. The third-order valence-electron chi connectivity index (χ3n) is 3.13. The van der Waals surface area contributed by atoms with Crippen LogP contribution in [0.2, 0.25) is 0 Å². The molecular weight excluding hydrogens is 254 g/mol. The van der Waals surface area contributed by atoms with Gasteiger partial charge in [-0.2, -0.15) is 5.10 Å². The largest absolute Gasteiger partial charge is 0.396 e. The summed E-state index contributed by atoms with van der Waals surface area (Å²) in [4.78, 5) is 18.5. The second kappa shape index (κ2) is 5.73. The van der Waals surface area contributed by atoms with E-state index in [9.17, 15) is 4.79 Å². The van der Waals surface area contributed by atoms with Gasteiger partial charge in [-0.3, -0.25) is 14.5 Å². The minimum atomic E-state index is -0.124. The van der Waals surface area contributed by atoms with Crippen LogP contribution in [-0.4, -0.2) is 31.6 Å². The normalized spacial score (nSPS) is 10.8. The van der Waals surface area contributed by atoms with Gasteiger partial charge in [-0.05, 0) is 25.5 Å². The van der Waals surface area contributed by atoms with Gasteiger partial charge in [0.2, 0.25) is 0 Å². The van der Waals surface area contributed by atoms with Crippen molar-refractivity contribution in [3.05, 3.63) is 42.0 Å². The SMILES string of the molecule is CC(C)N(Cc1cccnc1)C(=O)c1c(N)cnn1C. The minimum absolute atomic E-state index is 0.0528. The molecule has 6 heteroatoms. The van der Waals surface area contributed by atoms with E-state index in [1.165, 1.54) is 10.9 Å². The van der Waals surface area contributed by atoms with Gasteiger partial charge in [0.05, 0.1) is 11.9 Å². The molecule has 0 bridgehead atoms. The third-order valence-corrected chi connectivity index (χ3v) is 3.13. The summed E-state index contributed by atoms with van der Waals surface area (Å²) in [5.41, 5.74) is 7.63. The lowest BCUT2D eigenvalue weighted by Gasteiger charge is -2.27. The summed E-state index contributed by atoms with van der Waals surface area (Å²) in [6.45, 7) is 4.44. The Morgan fingerprint density at radius 2 is 2.20 bits per heavy atom. The van der Waals surface area contributed by atoms with Crippen molar-refractivity contribution in [1.82, 2.24) is 19.7 Å². The van der Waals surface area contributed by atoms with Crippen LogP contribution in [0.4, 0.5) is 5.69 Å². The van der Waals surface area contributed by atoms with Gasteiger partial charge in [-0.25, -0.2) is 0 Å². The number of carbonyl (C=O) groups is 1. The van der Waals surface area contributed by atoms with Gasteiger partial charge in [0.15, 0.2) is 0 Å². The van der Waals surface area contributed by atoms with E-state index in [1.54, 1.807) is 24.3 Å². The van der Waals surface area contributed by atoms with Crippen LogP contribution in [0.15, 0.2) is 30.7 Å². The van der Waals surface area contributed by atoms with Crippen molar-refractivity contribution in [3.8, 4) is 0 Å². The van der Waals surface area contributed by atoms with E-state index < -0.39 is 0 Å². The lowest BCUT2D eigenvalue weighted by Crippen LogP contribution is -2.37. The zero-order valence-electron chi connectivity index (χ0n) is 11.9. The monoisotopic (exact) mass is 273 g/mol. The van der Waals surface area contributed by atoms with Crippen LogP contribution in [0.3, 0.4) is 0 Å². The van der Waals surface area contributed by atoms with Crippen LogP contribution in [0.5, 0.6) is 0 Å². The Kier molecular flexibility index (Phi) is 4.02. The molecule has 0 saturated carbocycles. The summed E-state index contributed by atoms with van der Waals surface area (Å²) in [6, 6.07) is 3.86. The van der Waals surface area contributed by atoms with Gasteiger partial charge in [0.1, 0.15) is 5.69 Å². The predicted octanol–water partition coefficient (Wildman–Crippen LogP) is 1.45. The van der Waals surface area contributed by atoms with Gasteiger partial charge in [-0.1, -0.05) is 6.07 Å². The zero-order chi connectivity index (χ0) is 14.7. The first-order chi connectivity index (χ1) is 9.50. The van der Waals surface area contributed by atoms with Gasteiger partial charge in [0, 0.05) is 32.0 Å². The molecule has 0 saturated heterocycles. The molecule has 0 aliphatic carbocycles. The van der Waals surface area contributed by atoms with E-state index in [0.717, 1.165) is 5.56 Å². The highest BCUT2D eigenvalue weighted by Gasteiger charge is 2.24. The lowest BCUT2D eigenvalue weighted by molar-refractivity contribution is 0.0680. The van der Waals surface area contributed by atoms with Crippen LogP contribution in [0, 0.1) is 0 Å². The molecule has 0 aliphatic heterocycles.